The van der Waals surface area contributed by atoms with Gasteiger partial charge in [-0.05, 0) is 32.6 Å². The van der Waals surface area contributed by atoms with E-state index in [0.29, 0.717) is 17.4 Å². The van der Waals surface area contributed by atoms with Crippen molar-refractivity contribution in [1.82, 2.24) is 14.5 Å². The molecule has 1 aliphatic carbocycles. The molecule has 116 valence electrons. The van der Waals surface area contributed by atoms with Gasteiger partial charge in [-0.15, -0.1) is 0 Å². The number of ether oxygens (including phenoxy) is 1. The van der Waals surface area contributed by atoms with Crippen LogP contribution in [0.5, 0.6) is 0 Å². The second-order valence-electron chi connectivity index (χ2n) is 8.02. The highest BCUT2D eigenvalue weighted by atomic mass is 16.6. The maximum absolute atomic E-state index is 12.0. The van der Waals surface area contributed by atoms with Gasteiger partial charge < -0.3 is 14.2 Å². The molecular formula is C16H25N3O2. The number of hydrogen-bond donors (Lipinski definition) is 0. The van der Waals surface area contributed by atoms with Crippen LogP contribution in [0.2, 0.25) is 0 Å². The Morgan fingerprint density at radius 2 is 2.00 bits per heavy atom. The third-order valence-electron chi connectivity index (χ3n) is 4.44. The fourth-order valence-electron chi connectivity index (χ4n) is 2.95. The quantitative estimate of drug-likeness (QED) is 0.840. The average Bonchev–Trinajstić information content (AvgIpc) is 2.67. The largest absolute Gasteiger partial charge is 0.444 e. The number of carbonyl (C=O) groups excluding carboxylic acids is 1. The molecule has 3 rings (SSSR count). The van der Waals surface area contributed by atoms with Crippen molar-refractivity contribution >= 4 is 6.09 Å². The van der Waals surface area contributed by atoms with Crippen LogP contribution in [0.1, 0.15) is 58.7 Å². The predicted octanol–water partition coefficient (Wildman–Crippen LogP) is 3.19. The van der Waals surface area contributed by atoms with E-state index in [1.807, 2.05) is 33.3 Å². The van der Waals surface area contributed by atoms with Crippen molar-refractivity contribution in [3.63, 3.8) is 0 Å². The van der Waals surface area contributed by atoms with E-state index in [9.17, 15) is 4.79 Å². The minimum atomic E-state index is -0.429. The Balaban J connectivity index is 1.60. The van der Waals surface area contributed by atoms with Crippen LogP contribution in [0.15, 0.2) is 12.5 Å². The highest BCUT2D eigenvalue weighted by Gasteiger charge is 2.48. The first kappa shape index (κ1) is 14.4. The highest BCUT2D eigenvalue weighted by molar-refractivity contribution is 5.69. The lowest BCUT2D eigenvalue weighted by atomic mass is 9.97. The van der Waals surface area contributed by atoms with Crippen LogP contribution in [0.4, 0.5) is 4.79 Å². The van der Waals surface area contributed by atoms with Crippen LogP contribution in [-0.4, -0.2) is 39.2 Å². The third-order valence-corrected chi connectivity index (χ3v) is 4.44. The number of rotatable bonds is 2. The molecular weight excluding hydrogens is 266 g/mol. The summed E-state index contributed by atoms with van der Waals surface area (Å²) in [5.41, 5.74) is 1.21. The minimum absolute atomic E-state index is 0.212. The van der Waals surface area contributed by atoms with Gasteiger partial charge in [0.15, 0.2) is 0 Å². The SMILES string of the molecule is CC(C)(C)OC(=O)N1CC(c2cncn2C2CC2(C)C)C1. The Morgan fingerprint density at radius 1 is 1.38 bits per heavy atom. The van der Waals surface area contributed by atoms with E-state index in [0.717, 1.165) is 13.1 Å². The lowest BCUT2D eigenvalue weighted by Crippen LogP contribution is -2.50. The molecule has 5 nitrogen and oxygen atoms in total. The standard InChI is InChI=1S/C16H25N3O2/c1-15(2,3)21-14(20)18-8-11(9-18)12-7-17-10-19(12)13-6-16(13,4)5/h7,10-11,13H,6,8-9H2,1-5H3. The average molecular weight is 291 g/mol. The van der Waals surface area contributed by atoms with Gasteiger partial charge in [-0.2, -0.15) is 0 Å². The first-order valence-electron chi connectivity index (χ1n) is 7.67. The molecule has 1 aromatic rings. The molecule has 2 aliphatic rings. The second kappa shape index (κ2) is 4.49. The number of imidazole rings is 1. The fraction of sp³-hybridized carbons (Fsp3) is 0.750. The zero-order valence-corrected chi connectivity index (χ0v) is 13.6. The minimum Gasteiger partial charge on any atom is -0.444 e. The lowest BCUT2D eigenvalue weighted by molar-refractivity contribution is 0.00755. The van der Waals surface area contributed by atoms with Crippen LogP contribution in [-0.2, 0) is 4.74 Å². The van der Waals surface area contributed by atoms with E-state index in [-0.39, 0.29) is 6.09 Å². The van der Waals surface area contributed by atoms with E-state index in [1.54, 1.807) is 4.90 Å². The van der Waals surface area contributed by atoms with Crippen molar-refractivity contribution in [2.24, 2.45) is 5.41 Å². The van der Waals surface area contributed by atoms with E-state index in [4.69, 9.17) is 4.74 Å². The summed E-state index contributed by atoms with van der Waals surface area (Å²) in [4.78, 5) is 18.1. The normalized spacial score (nSPS) is 24.6. The topological polar surface area (TPSA) is 47.4 Å². The Morgan fingerprint density at radius 3 is 2.52 bits per heavy atom. The van der Waals surface area contributed by atoms with Gasteiger partial charge in [0, 0.05) is 36.9 Å². The monoisotopic (exact) mass is 291 g/mol. The molecule has 0 aromatic carbocycles. The molecule has 0 N–H and O–H groups in total. The summed E-state index contributed by atoms with van der Waals surface area (Å²) in [5.74, 6) is 0.386. The molecule has 1 amide bonds. The predicted molar refractivity (Wildman–Crippen MR) is 80.2 cm³/mol. The Hall–Kier alpha value is -1.52. The van der Waals surface area contributed by atoms with Crippen molar-refractivity contribution in [2.75, 3.05) is 13.1 Å². The molecule has 1 aromatic heterocycles. The van der Waals surface area contributed by atoms with E-state index in [2.05, 4.69) is 23.4 Å². The van der Waals surface area contributed by atoms with Gasteiger partial charge in [-0.25, -0.2) is 9.78 Å². The van der Waals surface area contributed by atoms with Gasteiger partial charge >= 0.3 is 6.09 Å². The van der Waals surface area contributed by atoms with E-state index < -0.39 is 5.60 Å². The number of carbonyl (C=O) groups is 1. The van der Waals surface area contributed by atoms with Crippen molar-refractivity contribution in [2.45, 2.75) is 58.6 Å². The van der Waals surface area contributed by atoms with E-state index in [1.165, 1.54) is 12.1 Å². The summed E-state index contributed by atoms with van der Waals surface area (Å²) in [6, 6.07) is 0.561. The highest BCUT2D eigenvalue weighted by Crippen LogP contribution is 2.56. The van der Waals surface area contributed by atoms with Crippen molar-refractivity contribution < 1.29 is 9.53 Å². The molecule has 21 heavy (non-hydrogen) atoms. The van der Waals surface area contributed by atoms with Crippen molar-refractivity contribution in [3.05, 3.63) is 18.2 Å². The first-order chi connectivity index (χ1) is 9.67. The zero-order valence-electron chi connectivity index (χ0n) is 13.6. The second-order valence-corrected chi connectivity index (χ2v) is 8.02. The van der Waals surface area contributed by atoms with E-state index >= 15 is 0 Å². The van der Waals surface area contributed by atoms with Gasteiger partial charge in [0.05, 0.1) is 6.33 Å². The molecule has 1 unspecified atom stereocenters. The van der Waals surface area contributed by atoms with Gasteiger partial charge in [-0.3, -0.25) is 0 Å². The van der Waals surface area contributed by atoms with Crippen LogP contribution in [0, 0.1) is 5.41 Å². The van der Waals surface area contributed by atoms with Gasteiger partial charge in [0.2, 0.25) is 0 Å². The number of hydrogen-bond acceptors (Lipinski definition) is 3. The molecule has 2 heterocycles. The summed E-state index contributed by atoms with van der Waals surface area (Å²) in [5, 5.41) is 0. The molecule has 5 heteroatoms. The third kappa shape index (κ3) is 2.78. The molecule has 0 radical (unpaired) electrons. The molecule has 1 saturated heterocycles. The van der Waals surface area contributed by atoms with Crippen LogP contribution >= 0.6 is 0 Å². The number of amides is 1. The van der Waals surface area contributed by atoms with Crippen LogP contribution < -0.4 is 0 Å². The van der Waals surface area contributed by atoms with Gasteiger partial charge in [0.25, 0.3) is 0 Å². The number of nitrogens with zero attached hydrogens (tertiary/aromatic N) is 3. The Kier molecular flexibility index (Phi) is 3.08. The summed E-state index contributed by atoms with van der Waals surface area (Å²) >= 11 is 0. The molecule has 0 spiro atoms. The summed E-state index contributed by atoms with van der Waals surface area (Å²) < 4.78 is 7.70. The van der Waals surface area contributed by atoms with Crippen molar-refractivity contribution in [3.8, 4) is 0 Å². The van der Waals surface area contributed by atoms with Crippen LogP contribution in [0.25, 0.3) is 0 Å². The van der Waals surface area contributed by atoms with Gasteiger partial charge in [-0.1, -0.05) is 13.8 Å². The Bertz CT molecular complexity index is 550. The van der Waals surface area contributed by atoms with Crippen molar-refractivity contribution in [1.29, 1.82) is 0 Å². The summed E-state index contributed by atoms with van der Waals surface area (Å²) in [7, 11) is 0. The zero-order chi connectivity index (χ0) is 15.4. The lowest BCUT2D eigenvalue weighted by Gasteiger charge is -2.40. The molecule has 2 fully saturated rings. The molecule has 1 aliphatic heterocycles. The molecule has 1 atom stereocenters. The Labute approximate surface area is 126 Å². The maximum atomic E-state index is 12.0. The fourth-order valence-corrected chi connectivity index (χ4v) is 2.95. The summed E-state index contributed by atoms with van der Waals surface area (Å²) in [6.07, 6.45) is 4.88. The molecule has 0 bridgehead atoms. The molecule has 1 saturated carbocycles. The number of likely N-dealkylation sites (tertiary alicyclic amines) is 1. The van der Waals surface area contributed by atoms with Crippen LogP contribution in [0.3, 0.4) is 0 Å². The summed E-state index contributed by atoms with van der Waals surface area (Å²) in [6.45, 7) is 11.7. The van der Waals surface area contributed by atoms with Gasteiger partial charge in [0.1, 0.15) is 5.60 Å². The number of aromatic nitrogens is 2. The maximum Gasteiger partial charge on any atom is 0.410 e. The smallest absolute Gasteiger partial charge is 0.410 e. The first-order valence-corrected chi connectivity index (χ1v) is 7.67.